The monoisotopic (exact) mass is 358 g/mol. The van der Waals surface area contributed by atoms with Gasteiger partial charge in [0.25, 0.3) is 0 Å². The normalized spacial score (nSPS) is 20.3. The number of aliphatic hydroxyl groups excluding tert-OH is 1. The van der Waals surface area contributed by atoms with E-state index in [0.29, 0.717) is 45.5 Å². The second-order valence-corrected chi connectivity index (χ2v) is 6.93. The molecule has 1 fully saturated rings. The van der Waals surface area contributed by atoms with Crippen LogP contribution in [0.4, 0.5) is 0 Å². The van der Waals surface area contributed by atoms with Gasteiger partial charge in [-0.15, -0.1) is 0 Å². The molecule has 0 spiro atoms. The number of ether oxygens (including phenoxy) is 1. The SMILES string of the molecule is Cc1ccc(C[C@]2(CO)CN(C(=O)CCCn3cncn3)CCO2)cc1. The fourth-order valence-corrected chi connectivity index (χ4v) is 3.29. The topological polar surface area (TPSA) is 80.5 Å². The molecule has 1 aliphatic heterocycles. The van der Waals surface area contributed by atoms with E-state index >= 15 is 0 Å². The minimum Gasteiger partial charge on any atom is -0.393 e. The molecule has 140 valence electrons. The molecule has 1 aliphatic rings. The summed E-state index contributed by atoms with van der Waals surface area (Å²) in [6.45, 7) is 4.04. The molecule has 3 rings (SSSR count). The van der Waals surface area contributed by atoms with Crippen LogP contribution in [0.25, 0.3) is 0 Å². The molecule has 7 nitrogen and oxygen atoms in total. The first-order valence-electron chi connectivity index (χ1n) is 9.01. The number of hydrogen-bond acceptors (Lipinski definition) is 5. The molecule has 0 bridgehead atoms. The van der Waals surface area contributed by atoms with Crippen LogP contribution in [0.15, 0.2) is 36.9 Å². The van der Waals surface area contributed by atoms with E-state index < -0.39 is 5.60 Å². The molecule has 2 aromatic rings. The molecule has 1 saturated heterocycles. The van der Waals surface area contributed by atoms with Gasteiger partial charge in [0.05, 0.1) is 19.8 Å². The molecule has 0 aliphatic carbocycles. The molecule has 1 amide bonds. The van der Waals surface area contributed by atoms with Gasteiger partial charge >= 0.3 is 0 Å². The molecule has 0 saturated carbocycles. The van der Waals surface area contributed by atoms with Crippen molar-refractivity contribution in [1.82, 2.24) is 19.7 Å². The second kappa shape index (κ2) is 8.42. The van der Waals surface area contributed by atoms with Crippen LogP contribution in [0.3, 0.4) is 0 Å². The first kappa shape index (κ1) is 18.5. The summed E-state index contributed by atoms with van der Waals surface area (Å²) in [6, 6.07) is 8.20. The van der Waals surface area contributed by atoms with Crippen LogP contribution in [0.2, 0.25) is 0 Å². The number of aromatic nitrogens is 3. The van der Waals surface area contributed by atoms with E-state index in [9.17, 15) is 9.90 Å². The number of rotatable bonds is 7. The molecular weight excluding hydrogens is 332 g/mol. The van der Waals surface area contributed by atoms with Crippen LogP contribution < -0.4 is 0 Å². The maximum atomic E-state index is 12.6. The number of benzene rings is 1. The van der Waals surface area contributed by atoms with Gasteiger partial charge in [-0.1, -0.05) is 29.8 Å². The third-order valence-corrected chi connectivity index (χ3v) is 4.78. The predicted molar refractivity (Wildman–Crippen MR) is 96.5 cm³/mol. The summed E-state index contributed by atoms with van der Waals surface area (Å²) in [5, 5.41) is 14.0. The van der Waals surface area contributed by atoms with Gasteiger partial charge in [0.1, 0.15) is 18.3 Å². The van der Waals surface area contributed by atoms with Gasteiger partial charge in [0, 0.05) is 25.9 Å². The minimum atomic E-state index is -0.727. The lowest BCUT2D eigenvalue weighted by atomic mass is 9.92. The number of hydrogen-bond donors (Lipinski definition) is 1. The van der Waals surface area contributed by atoms with E-state index in [4.69, 9.17) is 4.74 Å². The predicted octanol–water partition coefficient (Wildman–Crippen LogP) is 1.20. The highest BCUT2D eigenvalue weighted by molar-refractivity contribution is 5.76. The Bertz CT molecular complexity index is 702. The number of morpholine rings is 1. The zero-order valence-electron chi connectivity index (χ0n) is 15.2. The number of carbonyl (C=O) groups excluding carboxylic acids is 1. The Balaban J connectivity index is 1.57. The summed E-state index contributed by atoms with van der Waals surface area (Å²) in [6.07, 6.45) is 4.89. The summed E-state index contributed by atoms with van der Waals surface area (Å²) in [5.74, 6) is 0.0927. The van der Waals surface area contributed by atoms with Crippen molar-refractivity contribution in [3.63, 3.8) is 0 Å². The number of aryl methyl sites for hydroxylation is 2. The third-order valence-electron chi connectivity index (χ3n) is 4.78. The maximum Gasteiger partial charge on any atom is 0.222 e. The summed E-state index contributed by atoms with van der Waals surface area (Å²) < 4.78 is 7.65. The van der Waals surface area contributed by atoms with Crippen molar-refractivity contribution >= 4 is 5.91 Å². The molecule has 7 heteroatoms. The summed E-state index contributed by atoms with van der Waals surface area (Å²) >= 11 is 0. The lowest BCUT2D eigenvalue weighted by Gasteiger charge is -2.42. The van der Waals surface area contributed by atoms with Crippen LogP contribution in [0.1, 0.15) is 24.0 Å². The van der Waals surface area contributed by atoms with Crippen LogP contribution in [0, 0.1) is 6.92 Å². The van der Waals surface area contributed by atoms with Crippen LogP contribution >= 0.6 is 0 Å². The Labute approximate surface area is 153 Å². The fourth-order valence-electron chi connectivity index (χ4n) is 3.29. The highest BCUT2D eigenvalue weighted by Gasteiger charge is 2.37. The Kier molecular flexibility index (Phi) is 6.00. The fraction of sp³-hybridized carbons (Fsp3) is 0.526. The van der Waals surface area contributed by atoms with Crippen molar-refractivity contribution in [3.8, 4) is 0 Å². The van der Waals surface area contributed by atoms with Crippen molar-refractivity contribution in [2.75, 3.05) is 26.3 Å². The highest BCUT2D eigenvalue weighted by Crippen LogP contribution is 2.24. The Morgan fingerprint density at radius 2 is 2.15 bits per heavy atom. The van der Waals surface area contributed by atoms with Crippen molar-refractivity contribution in [3.05, 3.63) is 48.0 Å². The highest BCUT2D eigenvalue weighted by atomic mass is 16.5. The van der Waals surface area contributed by atoms with Crippen molar-refractivity contribution in [1.29, 1.82) is 0 Å². The summed E-state index contributed by atoms with van der Waals surface area (Å²) in [7, 11) is 0. The number of nitrogens with zero attached hydrogens (tertiary/aromatic N) is 4. The first-order valence-corrected chi connectivity index (χ1v) is 9.01. The number of aliphatic hydroxyl groups is 1. The Hall–Kier alpha value is -2.25. The molecule has 0 radical (unpaired) electrons. The van der Waals surface area contributed by atoms with Gasteiger partial charge in [0.2, 0.25) is 5.91 Å². The number of carbonyl (C=O) groups is 1. The zero-order chi connectivity index (χ0) is 18.4. The molecule has 1 atom stereocenters. The van der Waals surface area contributed by atoms with Crippen molar-refractivity contribution in [2.45, 2.75) is 38.3 Å². The molecule has 1 aromatic carbocycles. The lowest BCUT2D eigenvalue weighted by molar-refractivity contribution is -0.158. The number of amides is 1. The summed E-state index contributed by atoms with van der Waals surface area (Å²) in [5.41, 5.74) is 1.57. The van der Waals surface area contributed by atoms with Gasteiger partial charge in [-0.05, 0) is 18.9 Å². The second-order valence-electron chi connectivity index (χ2n) is 6.93. The van der Waals surface area contributed by atoms with E-state index in [1.165, 1.54) is 11.9 Å². The van der Waals surface area contributed by atoms with E-state index in [0.717, 1.165) is 5.56 Å². The lowest BCUT2D eigenvalue weighted by Crippen LogP contribution is -2.56. The maximum absolute atomic E-state index is 12.6. The molecule has 1 N–H and O–H groups in total. The van der Waals surface area contributed by atoms with E-state index in [1.807, 2.05) is 11.8 Å². The Morgan fingerprint density at radius 1 is 1.35 bits per heavy atom. The average molecular weight is 358 g/mol. The van der Waals surface area contributed by atoms with E-state index in [-0.39, 0.29) is 12.5 Å². The van der Waals surface area contributed by atoms with Gasteiger partial charge in [-0.25, -0.2) is 4.98 Å². The summed E-state index contributed by atoms with van der Waals surface area (Å²) in [4.78, 5) is 18.3. The molecule has 1 aromatic heterocycles. The van der Waals surface area contributed by atoms with Gasteiger partial charge in [-0.2, -0.15) is 5.10 Å². The van der Waals surface area contributed by atoms with Gasteiger partial charge < -0.3 is 14.7 Å². The first-order chi connectivity index (χ1) is 12.6. The standard InChI is InChI=1S/C19H26N4O3/c1-16-4-6-17(7-5-16)11-19(13-24)12-22(9-10-26-19)18(25)3-2-8-23-15-20-14-21-23/h4-7,14-15,24H,2-3,8-13H2,1H3/t19-/m1/s1. The van der Waals surface area contributed by atoms with Crippen molar-refractivity contribution in [2.24, 2.45) is 0 Å². The molecule has 2 heterocycles. The van der Waals surface area contributed by atoms with Gasteiger partial charge in [0.15, 0.2) is 0 Å². The van der Waals surface area contributed by atoms with E-state index in [1.54, 1.807) is 11.0 Å². The average Bonchev–Trinajstić information content (AvgIpc) is 3.17. The van der Waals surface area contributed by atoms with Crippen LogP contribution in [-0.2, 0) is 22.5 Å². The van der Waals surface area contributed by atoms with Crippen LogP contribution in [0.5, 0.6) is 0 Å². The smallest absolute Gasteiger partial charge is 0.222 e. The molecular formula is C19H26N4O3. The minimum absolute atomic E-state index is 0.0927. The van der Waals surface area contributed by atoms with Crippen molar-refractivity contribution < 1.29 is 14.6 Å². The third kappa shape index (κ3) is 4.68. The van der Waals surface area contributed by atoms with E-state index in [2.05, 4.69) is 34.3 Å². The quantitative estimate of drug-likeness (QED) is 0.804. The van der Waals surface area contributed by atoms with Gasteiger partial charge in [-0.3, -0.25) is 9.48 Å². The molecule has 26 heavy (non-hydrogen) atoms. The largest absolute Gasteiger partial charge is 0.393 e. The van der Waals surface area contributed by atoms with Crippen LogP contribution in [-0.4, -0.2) is 62.6 Å². The Morgan fingerprint density at radius 3 is 2.85 bits per heavy atom. The zero-order valence-corrected chi connectivity index (χ0v) is 15.2. The molecule has 0 unspecified atom stereocenters.